The molecule has 0 aliphatic rings. The van der Waals surface area contributed by atoms with Crippen molar-refractivity contribution in [2.24, 2.45) is 0 Å². The summed E-state index contributed by atoms with van der Waals surface area (Å²) >= 11 is 9.37. The van der Waals surface area contributed by atoms with E-state index in [9.17, 15) is 4.39 Å². The van der Waals surface area contributed by atoms with Crippen LogP contribution in [0.5, 0.6) is 11.5 Å². The highest BCUT2D eigenvalue weighted by Gasteiger charge is 2.08. The number of ether oxygens (including phenoxy) is 1. The number of hydrogen-bond donors (Lipinski definition) is 0. The summed E-state index contributed by atoms with van der Waals surface area (Å²) in [4.78, 5) is 0. The average Bonchev–Trinajstić information content (AvgIpc) is 2.36. The zero-order chi connectivity index (χ0) is 13.1. The number of aryl methyl sites for hydroxylation is 1. The molecule has 0 amide bonds. The maximum Gasteiger partial charge on any atom is 0.146 e. The van der Waals surface area contributed by atoms with Gasteiger partial charge in [-0.1, -0.05) is 33.6 Å². The van der Waals surface area contributed by atoms with Gasteiger partial charge in [0.1, 0.15) is 17.3 Å². The molecular formula is C14H11BrClFO. The van der Waals surface area contributed by atoms with Crippen molar-refractivity contribution in [1.82, 2.24) is 0 Å². The first-order valence-electron chi connectivity index (χ1n) is 5.38. The van der Waals surface area contributed by atoms with Gasteiger partial charge >= 0.3 is 0 Å². The fourth-order valence-electron chi connectivity index (χ4n) is 1.56. The van der Waals surface area contributed by atoms with Crippen molar-refractivity contribution in [2.45, 2.75) is 12.3 Å². The standard InChI is InChI=1S/C14H11BrClFO/c1-9-2-4-12(16)14(6-9)18-13-5-3-11(17)7-10(13)8-15/h2-7H,8H2,1H3. The Morgan fingerprint density at radius 1 is 1.17 bits per heavy atom. The Morgan fingerprint density at radius 3 is 2.67 bits per heavy atom. The highest BCUT2D eigenvalue weighted by Crippen LogP contribution is 2.33. The molecule has 0 aromatic heterocycles. The molecule has 1 nitrogen and oxygen atoms in total. The van der Waals surface area contributed by atoms with Crippen LogP contribution in [0.25, 0.3) is 0 Å². The molecule has 0 aliphatic heterocycles. The molecule has 94 valence electrons. The van der Waals surface area contributed by atoms with E-state index in [0.717, 1.165) is 11.1 Å². The third-order valence-corrected chi connectivity index (χ3v) is 3.39. The summed E-state index contributed by atoms with van der Waals surface area (Å²) in [6.45, 7) is 1.96. The Hall–Kier alpha value is -1.06. The zero-order valence-corrected chi connectivity index (χ0v) is 12.1. The highest BCUT2D eigenvalue weighted by atomic mass is 79.9. The largest absolute Gasteiger partial charge is 0.455 e. The second-order valence-corrected chi connectivity index (χ2v) is 4.89. The van der Waals surface area contributed by atoms with Crippen LogP contribution in [0.2, 0.25) is 5.02 Å². The van der Waals surface area contributed by atoms with E-state index < -0.39 is 0 Å². The van der Waals surface area contributed by atoms with Gasteiger partial charge in [-0.05, 0) is 42.8 Å². The second-order valence-electron chi connectivity index (χ2n) is 3.92. The number of hydrogen-bond acceptors (Lipinski definition) is 1. The number of rotatable bonds is 3. The molecule has 0 saturated carbocycles. The van der Waals surface area contributed by atoms with Crippen LogP contribution in [0.15, 0.2) is 36.4 Å². The summed E-state index contributed by atoms with van der Waals surface area (Å²) in [5, 5.41) is 1.05. The summed E-state index contributed by atoms with van der Waals surface area (Å²) in [5.41, 5.74) is 1.80. The van der Waals surface area contributed by atoms with E-state index in [-0.39, 0.29) is 5.82 Å². The lowest BCUT2D eigenvalue weighted by atomic mass is 10.2. The molecule has 2 aromatic carbocycles. The topological polar surface area (TPSA) is 9.23 Å². The van der Waals surface area contributed by atoms with Crippen molar-refractivity contribution >= 4 is 27.5 Å². The lowest BCUT2D eigenvalue weighted by Gasteiger charge is -2.11. The van der Waals surface area contributed by atoms with E-state index in [1.165, 1.54) is 12.1 Å². The number of benzene rings is 2. The summed E-state index contributed by atoms with van der Waals surface area (Å²) in [6.07, 6.45) is 0. The SMILES string of the molecule is Cc1ccc(Cl)c(Oc2ccc(F)cc2CBr)c1. The summed E-state index contributed by atoms with van der Waals surface area (Å²) in [5.74, 6) is 0.887. The first kappa shape index (κ1) is 13.4. The van der Waals surface area contributed by atoms with Gasteiger partial charge in [0.2, 0.25) is 0 Å². The summed E-state index contributed by atoms with van der Waals surface area (Å²) in [7, 11) is 0. The van der Waals surface area contributed by atoms with Gasteiger partial charge in [-0.3, -0.25) is 0 Å². The summed E-state index contributed by atoms with van der Waals surface area (Å²) in [6, 6.07) is 9.95. The molecule has 2 aromatic rings. The number of halogens is 3. The Kier molecular flexibility index (Phi) is 4.25. The molecule has 0 unspecified atom stereocenters. The van der Waals surface area contributed by atoms with E-state index in [2.05, 4.69) is 15.9 Å². The fraction of sp³-hybridized carbons (Fsp3) is 0.143. The molecule has 0 atom stereocenters. The van der Waals surface area contributed by atoms with Crippen molar-refractivity contribution in [1.29, 1.82) is 0 Å². The predicted octanol–water partition coefficient (Wildman–Crippen LogP) is 5.47. The third kappa shape index (κ3) is 3.03. The van der Waals surface area contributed by atoms with Crippen LogP contribution in [-0.2, 0) is 5.33 Å². The first-order valence-corrected chi connectivity index (χ1v) is 6.88. The highest BCUT2D eigenvalue weighted by molar-refractivity contribution is 9.08. The van der Waals surface area contributed by atoms with E-state index in [4.69, 9.17) is 16.3 Å². The fourth-order valence-corrected chi connectivity index (χ4v) is 2.15. The van der Waals surface area contributed by atoms with E-state index in [1.807, 2.05) is 19.1 Å². The first-order chi connectivity index (χ1) is 8.60. The van der Waals surface area contributed by atoms with Gasteiger partial charge in [0.05, 0.1) is 5.02 Å². The molecule has 0 N–H and O–H groups in total. The summed E-state index contributed by atoms with van der Waals surface area (Å²) < 4.78 is 18.9. The number of alkyl halides is 1. The molecule has 0 saturated heterocycles. The normalized spacial score (nSPS) is 10.4. The van der Waals surface area contributed by atoms with Gasteiger partial charge in [0.25, 0.3) is 0 Å². The lowest BCUT2D eigenvalue weighted by molar-refractivity contribution is 0.476. The molecule has 4 heteroatoms. The minimum atomic E-state index is -0.285. The molecule has 0 spiro atoms. The van der Waals surface area contributed by atoms with Crippen molar-refractivity contribution in [2.75, 3.05) is 0 Å². The third-order valence-electron chi connectivity index (χ3n) is 2.47. The van der Waals surface area contributed by atoms with Crippen LogP contribution in [0.3, 0.4) is 0 Å². The molecule has 18 heavy (non-hydrogen) atoms. The van der Waals surface area contributed by atoms with Gasteiger partial charge in [-0.2, -0.15) is 0 Å². The molecule has 0 bridgehead atoms. The predicted molar refractivity (Wildman–Crippen MR) is 75.3 cm³/mol. The van der Waals surface area contributed by atoms with Gasteiger partial charge < -0.3 is 4.74 Å². The van der Waals surface area contributed by atoms with E-state index in [0.29, 0.717) is 21.9 Å². The minimum Gasteiger partial charge on any atom is -0.455 e. The van der Waals surface area contributed by atoms with Crippen LogP contribution < -0.4 is 4.74 Å². The van der Waals surface area contributed by atoms with Crippen LogP contribution in [0, 0.1) is 12.7 Å². The minimum absolute atomic E-state index is 0.285. The van der Waals surface area contributed by atoms with Crippen molar-refractivity contribution in [3.05, 3.63) is 58.4 Å². The van der Waals surface area contributed by atoms with E-state index >= 15 is 0 Å². The quantitative estimate of drug-likeness (QED) is 0.678. The molecule has 2 rings (SSSR count). The monoisotopic (exact) mass is 328 g/mol. The second kappa shape index (κ2) is 5.72. The maximum atomic E-state index is 13.1. The van der Waals surface area contributed by atoms with Crippen LogP contribution in [-0.4, -0.2) is 0 Å². The van der Waals surface area contributed by atoms with Gasteiger partial charge in [-0.15, -0.1) is 0 Å². The maximum absolute atomic E-state index is 13.1. The van der Waals surface area contributed by atoms with Gasteiger partial charge in [-0.25, -0.2) is 4.39 Å². The van der Waals surface area contributed by atoms with Crippen molar-refractivity contribution < 1.29 is 9.13 Å². The Morgan fingerprint density at radius 2 is 1.94 bits per heavy atom. The molecule has 0 aliphatic carbocycles. The Labute approximate surface area is 119 Å². The van der Waals surface area contributed by atoms with Crippen LogP contribution in [0.1, 0.15) is 11.1 Å². The van der Waals surface area contributed by atoms with Crippen LogP contribution in [0.4, 0.5) is 4.39 Å². The molecule has 0 fully saturated rings. The molecule has 0 radical (unpaired) electrons. The lowest BCUT2D eigenvalue weighted by Crippen LogP contribution is -1.92. The van der Waals surface area contributed by atoms with Crippen molar-refractivity contribution in [3.8, 4) is 11.5 Å². The molecule has 0 heterocycles. The smallest absolute Gasteiger partial charge is 0.146 e. The zero-order valence-electron chi connectivity index (χ0n) is 9.71. The van der Waals surface area contributed by atoms with Crippen LogP contribution >= 0.6 is 27.5 Å². The Balaban J connectivity index is 2.36. The van der Waals surface area contributed by atoms with Gasteiger partial charge in [0, 0.05) is 10.9 Å². The Bertz CT molecular complexity index is 572. The van der Waals surface area contributed by atoms with E-state index in [1.54, 1.807) is 12.1 Å². The molecular weight excluding hydrogens is 319 g/mol. The van der Waals surface area contributed by atoms with Gasteiger partial charge in [0.15, 0.2) is 0 Å². The average molecular weight is 330 g/mol. The van der Waals surface area contributed by atoms with Crippen molar-refractivity contribution in [3.63, 3.8) is 0 Å².